The van der Waals surface area contributed by atoms with Gasteiger partial charge in [0.25, 0.3) is 11.7 Å². The molecule has 2 aliphatic rings. The van der Waals surface area contributed by atoms with E-state index >= 15 is 0 Å². The average Bonchev–Trinajstić information content (AvgIpc) is 3.22. The Morgan fingerprint density at radius 2 is 2.27 bits per heavy atom. The van der Waals surface area contributed by atoms with Crippen molar-refractivity contribution in [3.05, 3.63) is 23.8 Å². The van der Waals surface area contributed by atoms with E-state index in [2.05, 4.69) is 27.3 Å². The van der Waals surface area contributed by atoms with Crippen molar-refractivity contribution < 1.29 is 4.79 Å². The zero-order chi connectivity index (χ0) is 15.3. The summed E-state index contributed by atoms with van der Waals surface area (Å²) in [6.45, 7) is 4.03. The predicted octanol–water partition coefficient (Wildman–Crippen LogP) is 1.99. The Morgan fingerprint density at radius 1 is 1.41 bits per heavy atom. The molecule has 0 spiro atoms. The molecule has 2 aromatic heterocycles. The minimum absolute atomic E-state index is 0.184. The molecule has 2 saturated carbocycles. The van der Waals surface area contributed by atoms with E-state index in [9.17, 15) is 4.79 Å². The number of fused-ring (bicyclic) bond motifs is 3. The van der Waals surface area contributed by atoms with Crippen LogP contribution in [0.3, 0.4) is 0 Å². The van der Waals surface area contributed by atoms with Gasteiger partial charge in [0.15, 0.2) is 0 Å². The Labute approximate surface area is 129 Å². The van der Waals surface area contributed by atoms with Gasteiger partial charge in [-0.25, -0.2) is 9.50 Å². The van der Waals surface area contributed by atoms with Gasteiger partial charge >= 0.3 is 0 Å². The maximum atomic E-state index is 12.4. The number of amides is 1. The summed E-state index contributed by atoms with van der Waals surface area (Å²) in [4.78, 5) is 20.8. The highest BCUT2D eigenvalue weighted by molar-refractivity contribution is 5.91. The van der Waals surface area contributed by atoms with Gasteiger partial charge in [-0.2, -0.15) is 4.98 Å². The first kappa shape index (κ1) is 13.7. The van der Waals surface area contributed by atoms with E-state index in [-0.39, 0.29) is 17.8 Å². The minimum atomic E-state index is -0.194. The first-order valence-corrected chi connectivity index (χ1v) is 8.11. The summed E-state index contributed by atoms with van der Waals surface area (Å²) in [6, 6.07) is 2.03. The highest BCUT2D eigenvalue weighted by atomic mass is 16.2. The van der Waals surface area contributed by atoms with E-state index in [0.29, 0.717) is 11.7 Å². The van der Waals surface area contributed by atoms with Crippen molar-refractivity contribution >= 4 is 11.7 Å². The second kappa shape index (κ2) is 5.04. The lowest BCUT2D eigenvalue weighted by Gasteiger charge is -2.28. The molecule has 0 unspecified atom stereocenters. The molecule has 4 rings (SSSR count). The van der Waals surface area contributed by atoms with Crippen molar-refractivity contribution in [2.45, 2.75) is 45.6 Å². The van der Waals surface area contributed by atoms with E-state index in [0.717, 1.165) is 17.5 Å². The molecular weight excluding hydrogens is 278 g/mol. The van der Waals surface area contributed by atoms with Crippen LogP contribution in [0.4, 0.5) is 0 Å². The van der Waals surface area contributed by atoms with E-state index in [1.54, 1.807) is 10.7 Å². The van der Waals surface area contributed by atoms with E-state index in [1.165, 1.54) is 25.7 Å². The van der Waals surface area contributed by atoms with Crippen LogP contribution in [0.1, 0.15) is 48.9 Å². The van der Waals surface area contributed by atoms with Gasteiger partial charge in [-0.3, -0.25) is 4.79 Å². The van der Waals surface area contributed by atoms with Crippen LogP contribution in [0.15, 0.2) is 12.3 Å². The quantitative estimate of drug-likeness (QED) is 0.940. The van der Waals surface area contributed by atoms with Crippen LogP contribution in [0.25, 0.3) is 5.78 Å². The van der Waals surface area contributed by atoms with Gasteiger partial charge in [0.2, 0.25) is 5.82 Å². The third-order valence-corrected chi connectivity index (χ3v) is 5.43. The maximum Gasteiger partial charge on any atom is 0.291 e. The van der Waals surface area contributed by atoms with Crippen molar-refractivity contribution in [2.75, 3.05) is 0 Å². The Hall–Kier alpha value is -1.98. The maximum absolute atomic E-state index is 12.4. The van der Waals surface area contributed by atoms with Crippen LogP contribution >= 0.6 is 0 Å². The summed E-state index contributed by atoms with van der Waals surface area (Å²) in [6.07, 6.45) is 6.98. The van der Waals surface area contributed by atoms with Gasteiger partial charge in [0.1, 0.15) is 0 Å². The fraction of sp³-hybridized carbons (Fsp3) is 0.625. The normalized spacial score (nSPS) is 28.2. The summed E-state index contributed by atoms with van der Waals surface area (Å²) >= 11 is 0. The van der Waals surface area contributed by atoms with Crippen LogP contribution in [-0.2, 0) is 0 Å². The predicted molar refractivity (Wildman–Crippen MR) is 81.4 cm³/mol. The summed E-state index contributed by atoms with van der Waals surface area (Å²) in [7, 11) is 0. The summed E-state index contributed by atoms with van der Waals surface area (Å²) in [5.41, 5.74) is 0.915. The van der Waals surface area contributed by atoms with Crippen molar-refractivity contribution in [1.29, 1.82) is 0 Å². The van der Waals surface area contributed by atoms with Crippen molar-refractivity contribution in [3.63, 3.8) is 0 Å². The molecule has 1 N–H and O–H groups in total. The lowest BCUT2D eigenvalue weighted by molar-refractivity contribution is 0.0905. The average molecular weight is 299 g/mol. The van der Waals surface area contributed by atoms with Gasteiger partial charge in [0, 0.05) is 17.9 Å². The lowest BCUT2D eigenvalue weighted by Crippen LogP contribution is -2.40. The molecular formula is C16H21N5O. The first-order valence-electron chi connectivity index (χ1n) is 8.11. The zero-order valence-corrected chi connectivity index (χ0v) is 13.0. The zero-order valence-electron chi connectivity index (χ0n) is 13.0. The highest BCUT2D eigenvalue weighted by Gasteiger charge is 2.42. The second-order valence-electron chi connectivity index (χ2n) is 6.83. The molecule has 22 heavy (non-hydrogen) atoms. The molecule has 2 bridgehead atoms. The van der Waals surface area contributed by atoms with Gasteiger partial charge < -0.3 is 5.32 Å². The molecule has 2 aliphatic carbocycles. The molecule has 116 valence electrons. The minimum Gasteiger partial charge on any atom is -0.347 e. The van der Waals surface area contributed by atoms with Crippen LogP contribution < -0.4 is 5.32 Å². The van der Waals surface area contributed by atoms with Crippen molar-refractivity contribution in [3.8, 4) is 0 Å². The molecule has 0 aromatic carbocycles. The highest BCUT2D eigenvalue weighted by Crippen LogP contribution is 2.49. The summed E-state index contributed by atoms with van der Waals surface area (Å²) in [5.74, 6) is 2.77. The van der Waals surface area contributed by atoms with E-state index in [1.807, 2.05) is 13.0 Å². The molecule has 6 heteroatoms. The molecule has 0 aliphatic heterocycles. The number of hydrogen-bond acceptors (Lipinski definition) is 4. The molecule has 2 fully saturated rings. The standard InChI is InChI=1S/C16H21N5O/c1-9-5-6-17-16-19-14(20-21(9)16)15(22)18-10(2)13-8-11-3-4-12(13)7-11/h5-6,10-13H,3-4,7-8H2,1-2H3,(H,18,22)/t10-,11-,12-,13-/m1/s1. The van der Waals surface area contributed by atoms with Gasteiger partial charge in [-0.05, 0) is 56.9 Å². The SMILES string of the molecule is Cc1ccnc2nc(C(=O)N[C@H](C)[C@H]3C[C@@H]4CC[C@@H]3C4)nn12. The van der Waals surface area contributed by atoms with Crippen LogP contribution in [0.2, 0.25) is 0 Å². The molecule has 0 radical (unpaired) electrons. The second-order valence-corrected chi connectivity index (χ2v) is 6.83. The molecule has 4 atom stereocenters. The van der Waals surface area contributed by atoms with Gasteiger partial charge in [-0.1, -0.05) is 6.42 Å². The third-order valence-electron chi connectivity index (χ3n) is 5.43. The van der Waals surface area contributed by atoms with Crippen molar-refractivity contribution in [2.24, 2.45) is 17.8 Å². The first-order chi connectivity index (χ1) is 10.6. The molecule has 0 saturated heterocycles. The Kier molecular flexibility index (Phi) is 3.13. The Bertz CT molecular complexity index is 724. The Balaban J connectivity index is 1.50. The number of nitrogens with one attached hydrogen (secondary N) is 1. The van der Waals surface area contributed by atoms with Crippen LogP contribution in [0, 0.1) is 24.7 Å². The van der Waals surface area contributed by atoms with E-state index < -0.39 is 0 Å². The third kappa shape index (κ3) is 2.17. The lowest BCUT2D eigenvalue weighted by atomic mass is 9.84. The number of aryl methyl sites for hydroxylation is 1. The molecule has 2 aromatic rings. The van der Waals surface area contributed by atoms with Gasteiger partial charge in [0.05, 0.1) is 0 Å². The largest absolute Gasteiger partial charge is 0.347 e. The van der Waals surface area contributed by atoms with Crippen LogP contribution in [0.5, 0.6) is 0 Å². The number of hydrogen-bond donors (Lipinski definition) is 1. The fourth-order valence-corrected chi connectivity index (χ4v) is 4.29. The number of carbonyl (C=O) groups is 1. The summed E-state index contributed by atoms with van der Waals surface area (Å²) < 4.78 is 1.61. The van der Waals surface area contributed by atoms with Crippen LogP contribution in [-0.4, -0.2) is 31.5 Å². The smallest absolute Gasteiger partial charge is 0.291 e. The fourth-order valence-electron chi connectivity index (χ4n) is 4.29. The molecule has 2 heterocycles. The van der Waals surface area contributed by atoms with E-state index in [4.69, 9.17) is 0 Å². The molecule has 6 nitrogen and oxygen atoms in total. The van der Waals surface area contributed by atoms with Crippen molar-refractivity contribution in [1.82, 2.24) is 24.9 Å². The van der Waals surface area contributed by atoms with Gasteiger partial charge in [-0.15, -0.1) is 5.10 Å². The number of nitrogens with zero attached hydrogens (tertiary/aromatic N) is 4. The topological polar surface area (TPSA) is 72.2 Å². The number of aromatic nitrogens is 4. The monoisotopic (exact) mass is 299 g/mol. The number of rotatable bonds is 3. The summed E-state index contributed by atoms with van der Waals surface area (Å²) in [5, 5.41) is 7.37. The molecule has 1 amide bonds. The number of carbonyl (C=O) groups excluding carboxylic acids is 1. The Morgan fingerprint density at radius 3 is 2.95 bits per heavy atom.